The van der Waals surface area contributed by atoms with Crippen molar-refractivity contribution in [1.82, 2.24) is 0 Å². The normalized spacial score (nSPS) is 21.3. The van der Waals surface area contributed by atoms with Crippen molar-refractivity contribution in [3.05, 3.63) is 23.8 Å². The SMILES string of the molecule is O=C1CC2(CCCCC2)Nc2cc(F)cc(F)c2N1. The van der Waals surface area contributed by atoms with Crippen LogP contribution in [0.25, 0.3) is 0 Å². The Kier molecular flexibility index (Phi) is 2.92. The number of amides is 1. The van der Waals surface area contributed by atoms with Crippen molar-refractivity contribution in [1.29, 1.82) is 0 Å². The molecule has 1 amide bonds. The van der Waals surface area contributed by atoms with E-state index in [0.717, 1.165) is 38.2 Å². The summed E-state index contributed by atoms with van der Waals surface area (Å²) in [5.74, 6) is -1.58. The number of hydrogen-bond acceptors (Lipinski definition) is 2. The maximum Gasteiger partial charge on any atom is 0.226 e. The Balaban J connectivity index is 2.03. The van der Waals surface area contributed by atoms with E-state index in [-0.39, 0.29) is 17.1 Å². The van der Waals surface area contributed by atoms with E-state index in [1.54, 1.807) is 0 Å². The topological polar surface area (TPSA) is 41.1 Å². The summed E-state index contributed by atoms with van der Waals surface area (Å²) in [6, 6.07) is 2.04. The first-order valence-corrected chi connectivity index (χ1v) is 6.65. The van der Waals surface area contributed by atoms with Crippen LogP contribution in [0.3, 0.4) is 0 Å². The minimum Gasteiger partial charge on any atom is -0.377 e. The largest absolute Gasteiger partial charge is 0.377 e. The third-order valence-electron chi connectivity index (χ3n) is 4.03. The lowest BCUT2D eigenvalue weighted by Gasteiger charge is -2.37. The highest BCUT2D eigenvalue weighted by Gasteiger charge is 2.37. The minimum atomic E-state index is -0.733. The van der Waals surface area contributed by atoms with Gasteiger partial charge in [0.05, 0.1) is 5.69 Å². The molecule has 1 aromatic carbocycles. The Bertz CT molecular complexity index is 524. The van der Waals surface area contributed by atoms with Crippen molar-refractivity contribution in [2.75, 3.05) is 10.6 Å². The van der Waals surface area contributed by atoms with E-state index in [1.165, 1.54) is 6.07 Å². The number of rotatable bonds is 0. The van der Waals surface area contributed by atoms with E-state index in [4.69, 9.17) is 0 Å². The molecule has 0 aromatic heterocycles. The van der Waals surface area contributed by atoms with Gasteiger partial charge in [-0.15, -0.1) is 0 Å². The molecule has 3 nitrogen and oxygen atoms in total. The highest BCUT2D eigenvalue weighted by atomic mass is 19.1. The molecular weight excluding hydrogens is 250 g/mol. The second-order valence-electron chi connectivity index (χ2n) is 5.50. The molecule has 1 spiro atoms. The fraction of sp³-hybridized carbons (Fsp3) is 0.500. The fourth-order valence-electron chi connectivity index (χ4n) is 3.15. The van der Waals surface area contributed by atoms with Crippen LogP contribution in [-0.4, -0.2) is 11.4 Å². The molecular formula is C14H16F2N2O. The van der Waals surface area contributed by atoms with Crippen molar-refractivity contribution in [3.63, 3.8) is 0 Å². The average Bonchev–Trinajstić information content (AvgIpc) is 2.46. The predicted molar refractivity (Wildman–Crippen MR) is 69.0 cm³/mol. The first kappa shape index (κ1) is 12.4. The number of anilines is 2. The van der Waals surface area contributed by atoms with E-state index < -0.39 is 11.6 Å². The maximum absolute atomic E-state index is 13.7. The first-order valence-electron chi connectivity index (χ1n) is 6.65. The molecule has 1 aromatic rings. The van der Waals surface area contributed by atoms with Crippen LogP contribution in [0.2, 0.25) is 0 Å². The van der Waals surface area contributed by atoms with Gasteiger partial charge in [0.1, 0.15) is 11.5 Å². The highest BCUT2D eigenvalue weighted by molar-refractivity contribution is 5.97. The second kappa shape index (κ2) is 4.47. The lowest BCUT2D eigenvalue weighted by Crippen LogP contribution is -2.41. The lowest BCUT2D eigenvalue weighted by atomic mass is 9.79. The highest BCUT2D eigenvalue weighted by Crippen LogP contribution is 2.40. The molecule has 0 bridgehead atoms. The zero-order valence-corrected chi connectivity index (χ0v) is 10.6. The van der Waals surface area contributed by atoms with Crippen LogP contribution in [0.15, 0.2) is 12.1 Å². The molecule has 0 radical (unpaired) electrons. The van der Waals surface area contributed by atoms with E-state index >= 15 is 0 Å². The molecule has 1 aliphatic heterocycles. The van der Waals surface area contributed by atoms with Crippen LogP contribution in [0.5, 0.6) is 0 Å². The van der Waals surface area contributed by atoms with Crippen LogP contribution < -0.4 is 10.6 Å². The Hall–Kier alpha value is -1.65. The molecule has 2 N–H and O–H groups in total. The first-order chi connectivity index (χ1) is 9.08. The van der Waals surface area contributed by atoms with Gasteiger partial charge in [0.25, 0.3) is 0 Å². The number of carbonyl (C=O) groups excluding carboxylic acids is 1. The molecule has 1 fully saturated rings. The zero-order valence-electron chi connectivity index (χ0n) is 10.6. The van der Waals surface area contributed by atoms with Gasteiger partial charge in [-0.1, -0.05) is 19.3 Å². The summed E-state index contributed by atoms with van der Waals surface area (Å²) < 4.78 is 27.1. The number of benzene rings is 1. The molecule has 0 unspecified atom stereocenters. The molecule has 3 rings (SSSR count). The summed E-state index contributed by atoms with van der Waals surface area (Å²) in [7, 11) is 0. The van der Waals surface area contributed by atoms with Crippen molar-refractivity contribution >= 4 is 17.3 Å². The third kappa shape index (κ3) is 2.29. The van der Waals surface area contributed by atoms with Gasteiger partial charge in [-0.3, -0.25) is 4.79 Å². The summed E-state index contributed by atoms with van der Waals surface area (Å²) in [5, 5.41) is 5.77. The van der Waals surface area contributed by atoms with E-state index in [1.807, 2.05) is 0 Å². The summed E-state index contributed by atoms with van der Waals surface area (Å²) in [6.07, 6.45) is 5.25. The lowest BCUT2D eigenvalue weighted by molar-refractivity contribution is -0.117. The van der Waals surface area contributed by atoms with Crippen LogP contribution in [0.1, 0.15) is 38.5 Å². The summed E-state index contributed by atoms with van der Waals surface area (Å²) in [4.78, 5) is 11.9. The Morgan fingerprint density at radius 1 is 1.11 bits per heavy atom. The Morgan fingerprint density at radius 3 is 2.58 bits per heavy atom. The van der Waals surface area contributed by atoms with Gasteiger partial charge in [0.15, 0.2) is 5.82 Å². The number of fused-ring (bicyclic) bond motifs is 1. The van der Waals surface area contributed by atoms with Crippen molar-refractivity contribution in [2.24, 2.45) is 0 Å². The van der Waals surface area contributed by atoms with Gasteiger partial charge in [-0.25, -0.2) is 8.78 Å². The standard InChI is InChI=1S/C14H16F2N2O/c15-9-6-10(16)13-11(7-9)18-14(8-12(19)17-13)4-2-1-3-5-14/h6-7,18H,1-5,8H2,(H,17,19). The van der Waals surface area contributed by atoms with E-state index in [9.17, 15) is 13.6 Å². The smallest absolute Gasteiger partial charge is 0.226 e. The Labute approximate surface area is 110 Å². The molecule has 0 saturated heterocycles. The number of nitrogens with one attached hydrogen (secondary N) is 2. The molecule has 0 atom stereocenters. The summed E-state index contributed by atoms with van der Waals surface area (Å²) >= 11 is 0. The van der Waals surface area contributed by atoms with Gasteiger partial charge in [0, 0.05) is 18.0 Å². The monoisotopic (exact) mass is 266 g/mol. The molecule has 1 aliphatic carbocycles. The van der Waals surface area contributed by atoms with Gasteiger partial charge < -0.3 is 10.6 Å². The molecule has 1 heterocycles. The number of carbonyl (C=O) groups is 1. The zero-order chi connectivity index (χ0) is 13.5. The van der Waals surface area contributed by atoms with Gasteiger partial charge in [-0.05, 0) is 18.9 Å². The predicted octanol–water partition coefficient (Wildman–Crippen LogP) is 3.42. The van der Waals surface area contributed by atoms with Gasteiger partial charge in [0.2, 0.25) is 5.91 Å². The number of halogens is 2. The van der Waals surface area contributed by atoms with Crippen LogP contribution >= 0.6 is 0 Å². The van der Waals surface area contributed by atoms with Gasteiger partial charge in [-0.2, -0.15) is 0 Å². The summed E-state index contributed by atoms with van der Waals surface area (Å²) in [6.45, 7) is 0. The molecule has 1 saturated carbocycles. The van der Waals surface area contributed by atoms with E-state index in [2.05, 4.69) is 10.6 Å². The van der Waals surface area contributed by atoms with Crippen molar-refractivity contribution in [3.8, 4) is 0 Å². The van der Waals surface area contributed by atoms with Crippen molar-refractivity contribution in [2.45, 2.75) is 44.1 Å². The average molecular weight is 266 g/mol. The second-order valence-corrected chi connectivity index (χ2v) is 5.50. The molecule has 2 aliphatic rings. The quantitative estimate of drug-likeness (QED) is 0.755. The van der Waals surface area contributed by atoms with E-state index in [0.29, 0.717) is 12.1 Å². The molecule has 19 heavy (non-hydrogen) atoms. The van der Waals surface area contributed by atoms with Crippen LogP contribution in [-0.2, 0) is 4.79 Å². The van der Waals surface area contributed by atoms with Crippen molar-refractivity contribution < 1.29 is 13.6 Å². The Morgan fingerprint density at radius 2 is 1.84 bits per heavy atom. The number of hydrogen-bond donors (Lipinski definition) is 2. The minimum absolute atomic E-state index is 0.0637. The maximum atomic E-state index is 13.7. The summed E-state index contributed by atoms with van der Waals surface area (Å²) in [5.41, 5.74) is 0.0625. The third-order valence-corrected chi connectivity index (χ3v) is 4.03. The van der Waals surface area contributed by atoms with Crippen LogP contribution in [0, 0.1) is 11.6 Å². The fourth-order valence-corrected chi connectivity index (χ4v) is 3.15. The molecule has 102 valence electrons. The van der Waals surface area contributed by atoms with Crippen LogP contribution in [0.4, 0.5) is 20.2 Å². The molecule has 5 heteroatoms. The van der Waals surface area contributed by atoms with Gasteiger partial charge >= 0.3 is 0 Å².